The Morgan fingerprint density at radius 2 is 2.06 bits per heavy atom. The molecule has 1 rings (SSSR count). The molecule has 0 spiro atoms. The van der Waals surface area contributed by atoms with Crippen molar-refractivity contribution in [3.8, 4) is 0 Å². The van der Waals surface area contributed by atoms with E-state index in [1.807, 2.05) is 24.3 Å². The van der Waals surface area contributed by atoms with Crippen LogP contribution in [0.3, 0.4) is 0 Å². The van der Waals surface area contributed by atoms with Crippen molar-refractivity contribution >= 4 is 11.7 Å². The number of nitrogens with two attached hydrogens (primary N) is 1. The van der Waals surface area contributed by atoms with E-state index in [0.717, 1.165) is 24.1 Å². The average molecular weight is 251 g/mol. The zero-order chi connectivity index (χ0) is 13.2. The number of ether oxygens (including phenoxy) is 2. The van der Waals surface area contributed by atoms with Gasteiger partial charge in [0, 0.05) is 5.69 Å². The molecule has 0 heterocycles. The highest BCUT2D eigenvalue weighted by atomic mass is 16.6. The Balaban J connectivity index is 2.12. The molecule has 0 aliphatic carbocycles. The predicted molar refractivity (Wildman–Crippen MR) is 71.2 cm³/mol. The zero-order valence-electron chi connectivity index (χ0n) is 10.9. The molecule has 0 aliphatic heterocycles. The van der Waals surface area contributed by atoms with E-state index in [1.54, 1.807) is 0 Å². The maximum atomic E-state index is 11.2. The number of rotatable bonds is 8. The molecule has 0 atom stereocenters. The van der Waals surface area contributed by atoms with E-state index in [1.165, 1.54) is 0 Å². The van der Waals surface area contributed by atoms with Crippen LogP contribution in [0, 0.1) is 0 Å². The summed E-state index contributed by atoms with van der Waals surface area (Å²) >= 11 is 0. The van der Waals surface area contributed by atoms with Gasteiger partial charge in [0.25, 0.3) is 0 Å². The van der Waals surface area contributed by atoms with Crippen LogP contribution in [0.2, 0.25) is 0 Å². The van der Waals surface area contributed by atoms with Crippen LogP contribution in [0.15, 0.2) is 24.3 Å². The number of unbranched alkanes of at least 4 members (excludes halogenated alkanes) is 1. The van der Waals surface area contributed by atoms with Gasteiger partial charge in [0.1, 0.15) is 6.61 Å². The van der Waals surface area contributed by atoms with E-state index < -0.39 is 0 Å². The van der Waals surface area contributed by atoms with Gasteiger partial charge in [0.2, 0.25) is 0 Å². The van der Waals surface area contributed by atoms with Gasteiger partial charge in [0.05, 0.1) is 13.2 Å². The monoisotopic (exact) mass is 251 g/mol. The lowest BCUT2D eigenvalue weighted by Gasteiger charge is -2.07. The highest BCUT2D eigenvalue weighted by Crippen LogP contribution is 2.10. The van der Waals surface area contributed by atoms with E-state index in [4.69, 9.17) is 15.2 Å². The van der Waals surface area contributed by atoms with Crippen LogP contribution in [0.4, 0.5) is 5.69 Å². The van der Waals surface area contributed by atoms with Crippen LogP contribution in [0.25, 0.3) is 0 Å². The van der Waals surface area contributed by atoms with E-state index in [2.05, 4.69) is 6.92 Å². The molecule has 0 amide bonds. The summed E-state index contributed by atoms with van der Waals surface area (Å²) in [4.78, 5) is 11.2. The van der Waals surface area contributed by atoms with Gasteiger partial charge in [-0.25, -0.2) is 4.79 Å². The minimum atomic E-state index is -0.301. The molecule has 1 aromatic rings. The molecule has 0 radical (unpaired) electrons. The van der Waals surface area contributed by atoms with Crippen molar-refractivity contribution < 1.29 is 14.3 Å². The summed E-state index contributed by atoms with van der Waals surface area (Å²) in [6.45, 7) is 3.01. The van der Waals surface area contributed by atoms with Crippen molar-refractivity contribution in [3.05, 3.63) is 29.8 Å². The molecular formula is C14H21NO3. The topological polar surface area (TPSA) is 61.5 Å². The summed E-state index contributed by atoms with van der Waals surface area (Å²) in [6, 6.07) is 7.64. The smallest absolute Gasteiger partial charge is 0.332 e. The zero-order valence-corrected chi connectivity index (χ0v) is 10.9. The van der Waals surface area contributed by atoms with Crippen LogP contribution in [-0.4, -0.2) is 25.8 Å². The molecule has 0 saturated carbocycles. The molecule has 0 fully saturated rings. The van der Waals surface area contributed by atoms with E-state index in [9.17, 15) is 4.79 Å². The lowest BCUT2D eigenvalue weighted by atomic mass is 10.1. The second-order valence-electron chi connectivity index (χ2n) is 4.08. The van der Waals surface area contributed by atoms with Crippen LogP contribution >= 0.6 is 0 Å². The van der Waals surface area contributed by atoms with Crippen LogP contribution in [0.5, 0.6) is 0 Å². The fourth-order valence-corrected chi connectivity index (χ4v) is 1.47. The Kier molecular flexibility index (Phi) is 6.87. The number of nitrogen functional groups attached to an aromatic ring is 1. The highest BCUT2D eigenvalue weighted by molar-refractivity contribution is 5.70. The average Bonchev–Trinajstić information content (AvgIpc) is 2.37. The summed E-state index contributed by atoms with van der Waals surface area (Å²) in [5.41, 5.74) is 7.59. The Morgan fingerprint density at radius 3 is 2.78 bits per heavy atom. The maximum Gasteiger partial charge on any atom is 0.332 e. The normalized spacial score (nSPS) is 10.3. The number of anilines is 1. The predicted octanol–water partition coefficient (Wildman–Crippen LogP) is 2.17. The SMILES string of the molecule is CCCCOC(=O)COCCc1ccccc1N. The minimum absolute atomic E-state index is 0.0104. The number of esters is 1. The molecule has 0 aromatic heterocycles. The molecule has 100 valence electrons. The fourth-order valence-electron chi connectivity index (χ4n) is 1.47. The molecule has 0 unspecified atom stereocenters. The van der Waals surface area contributed by atoms with Crippen molar-refractivity contribution in [2.75, 3.05) is 25.6 Å². The first kappa shape index (κ1) is 14.5. The van der Waals surface area contributed by atoms with Gasteiger partial charge >= 0.3 is 5.97 Å². The van der Waals surface area contributed by atoms with Crippen molar-refractivity contribution in [3.63, 3.8) is 0 Å². The first-order chi connectivity index (χ1) is 8.74. The van der Waals surface area contributed by atoms with Gasteiger partial charge in [-0.05, 0) is 24.5 Å². The fraction of sp³-hybridized carbons (Fsp3) is 0.500. The third kappa shape index (κ3) is 5.68. The Morgan fingerprint density at radius 1 is 1.28 bits per heavy atom. The molecule has 18 heavy (non-hydrogen) atoms. The van der Waals surface area contributed by atoms with E-state index >= 15 is 0 Å². The number of hydrogen-bond donors (Lipinski definition) is 1. The third-order valence-corrected chi connectivity index (χ3v) is 2.55. The summed E-state index contributed by atoms with van der Waals surface area (Å²) in [5.74, 6) is -0.301. The van der Waals surface area contributed by atoms with Crippen LogP contribution < -0.4 is 5.73 Å². The van der Waals surface area contributed by atoms with Gasteiger partial charge in [-0.3, -0.25) is 0 Å². The summed E-state index contributed by atoms with van der Waals surface area (Å²) in [5, 5.41) is 0. The molecule has 0 saturated heterocycles. The molecule has 4 heteroatoms. The van der Waals surface area contributed by atoms with Gasteiger partial charge in [-0.1, -0.05) is 31.5 Å². The first-order valence-electron chi connectivity index (χ1n) is 6.30. The number of benzene rings is 1. The third-order valence-electron chi connectivity index (χ3n) is 2.55. The quantitative estimate of drug-likeness (QED) is 0.437. The standard InChI is InChI=1S/C14H21NO3/c1-2-3-9-18-14(16)11-17-10-8-12-6-4-5-7-13(12)15/h4-7H,2-3,8-11,15H2,1H3. The maximum absolute atomic E-state index is 11.2. The van der Waals surface area contributed by atoms with E-state index in [-0.39, 0.29) is 12.6 Å². The lowest BCUT2D eigenvalue weighted by Crippen LogP contribution is -2.14. The van der Waals surface area contributed by atoms with Crippen molar-refractivity contribution in [2.24, 2.45) is 0 Å². The molecule has 0 aliphatic rings. The Labute approximate surface area is 108 Å². The second kappa shape index (κ2) is 8.53. The number of hydrogen-bond acceptors (Lipinski definition) is 4. The summed E-state index contributed by atoms with van der Waals surface area (Å²) in [6.07, 6.45) is 2.61. The largest absolute Gasteiger partial charge is 0.464 e. The number of para-hydroxylation sites is 1. The molecular weight excluding hydrogens is 230 g/mol. The summed E-state index contributed by atoms with van der Waals surface area (Å²) < 4.78 is 10.2. The van der Waals surface area contributed by atoms with Crippen molar-refractivity contribution in [1.29, 1.82) is 0 Å². The molecule has 1 aromatic carbocycles. The van der Waals surface area contributed by atoms with E-state index in [0.29, 0.717) is 19.6 Å². The van der Waals surface area contributed by atoms with Crippen LogP contribution in [0.1, 0.15) is 25.3 Å². The Bertz CT molecular complexity index is 366. The molecule has 0 bridgehead atoms. The minimum Gasteiger partial charge on any atom is -0.464 e. The molecule has 2 N–H and O–H groups in total. The highest BCUT2D eigenvalue weighted by Gasteiger charge is 2.03. The first-order valence-corrected chi connectivity index (χ1v) is 6.30. The van der Waals surface area contributed by atoms with Crippen LogP contribution in [-0.2, 0) is 20.7 Å². The number of carbonyl (C=O) groups is 1. The van der Waals surface area contributed by atoms with Gasteiger partial charge < -0.3 is 15.2 Å². The number of carbonyl (C=O) groups excluding carboxylic acids is 1. The van der Waals surface area contributed by atoms with Gasteiger partial charge in [-0.15, -0.1) is 0 Å². The second-order valence-corrected chi connectivity index (χ2v) is 4.08. The van der Waals surface area contributed by atoms with Crippen molar-refractivity contribution in [2.45, 2.75) is 26.2 Å². The van der Waals surface area contributed by atoms with Crippen molar-refractivity contribution in [1.82, 2.24) is 0 Å². The van der Waals surface area contributed by atoms with Gasteiger partial charge in [-0.2, -0.15) is 0 Å². The van der Waals surface area contributed by atoms with Gasteiger partial charge in [0.15, 0.2) is 0 Å². The molecule has 4 nitrogen and oxygen atoms in total. The Hall–Kier alpha value is -1.55. The lowest BCUT2D eigenvalue weighted by molar-refractivity contribution is -0.149. The summed E-state index contributed by atoms with van der Waals surface area (Å²) in [7, 11) is 0.